The molecular formula is C18H20F2N2O3S. The molecule has 0 atom stereocenters. The third-order valence-corrected chi connectivity index (χ3v) is 5.08. The van der Waals surface area contributed by atoms with Crippen LogP contribution in [0.25, 0.3) is 0 Å². The van der Waals surface area contributed by atoms with Crippen molar-refractivity contribution in [3.63, 3.8) is 0 Å². The number of aryl methyl sites for hydroxylation is 1. The lowest BCUT2D eigenvalue weighted by atomic mass is 10.1. The maximum atomic E-state index is 13.3. The Bertz CT molecular complexity index is 931. The SMILES string of the molecule is Cc1ccc(S(=O)(=O)NC(C)(C)C)cc1C(=O)Nc1cc(F)cc(F)c1. The Balaban J connectivity index is 2.36. The van der Waals surface area contributed by atoms with Crippen LogP contribution in [0, 0.1) is 18.6 Å². The van der Waals surface area contributed by atoms with E-state index in [1.165, 1.54) is 18.2 Å². The first-order chi connectivity index (χ1) is 11.9. The summed E-state index contributed by atoms with van der Waals surface area (Å²) in [6, 6.07) is 6.75. The highest BCUT2D eigenvalue weighted by atomic mass is 32.2. The molecule has 5 nitrogen and oxygen atoms in total. The zero-order valence-electron chi connectivity index (χ0n) is 14.9. The van der Waals surface area contributed by atoms with Gasteiger partial charge < -0.3 is 5.32 Å². The fourth-order valence-corrected chi connectivity index (χ4v) is 3.74. The molecule has 0 saturated heterocycles. The monoisotopic (exact) mass is 382 g/mol. The van der Waals surface area contributed by atoms with E-state index in [1.54, 1.807) is 27.7 Å². The van der Waals surface area contributed by atoms with Crippen molar-refractivity contribution in [1.29, 1.82) is 0 Å². The summed E-state index contributed by atoms with van der Waals surface area (Å²) in [6.07, 6.45) is 0. The van der Waals surface area contributed by atoms with Crippen LogP contribution in [-0.4, -0.2) is 19.9 Å². The van der Waals surface area contributed by atoms with E-state index in [-0.39, 0.29) is 16.1 Å². The number of hydrogen-bond donors (Lipinski definition) is 2. The van der Waals surface area contributed by atoms with Gasteiger partial charge in [-0.2, -0.15) is 0 Å². The van der Waals surface area contributed by atoms with E-state index >= 15 is 0 Å². The molecule has 1 amide bonds. The summed E-state index contributed by atoms with van der Waals surface area (Å²) < 4.78 is 53.9. The molecule has 0 aliphatic carbocycles. The molecule has 140 valence electrons. The molecule has 0 aliphatic heterocycles. The molecule has 0 fully saturated rings. The number of halogens is 2. The van der Waals surface area contributed by atoms with Crippen molar-refractivity contribution in [3.8, 4) is 0 Å². The zero-order valence-corrected chi connectivity index (χ0v) is 15.7. The van der Waals surface area contributed by atoms with Gasteiger partial charge in [-0.25, -0.2) is 21.9 Å². The number of carbonyl (C=O) groups excluding carboxylic acids is 1. The molecule has 0 aliphatic rings. The predicted octanol–water partition coefficient (Wildman–Crippen LogP) is 3.60. The van der Waals surface area contributed by atoms with E-state index < -0.39 is 33.1 Å². The second kappa shape index (κ2) is 7.13. The number of amides is 1. The first-order valence-electron chi connectivity index (χ1n) is 7.79. The number of nitrogens with one attached hydrogen (secondary N) is 2. The Morgan fingerprint density at radius 1 is 1.00 bits per heavy atom. The summed E-state index contributed by atoms with van der Waals surface area (Å²) in [4.78, 5) is 12.4. The minimum atomic E-state index is -3.83. The first kappa shape index (κ1) is 20.0. The molecule has 0 heterocycles. The first-order valence-corrected chi connectivity index (χ1v) is 9.28. The van der Waals surface area contributed by atoms with Crippen molar-refractivity contribution in [2.75, 3.05) is 5.32 Å². The third-order valence-electron chi connectivity index (χ3n) is 3.32. The molecule has 0 radical (unpaired) electrons. The molecule has 26 heavy (non-hydrogen) atoms. The minimum absolute atomic E-state index is 0.0621. The van der Waals surface area contributed by atoms with E-state index in [1.807, 2.05) is 0 Å². The maximum Gasteiger partial charge on any atom is 0.255 e. The summed E-state index contributed by atoms with van der Waals surface area (Å²) in [5.41, 5.74) is -0.140. The van der Waals surface area contributed by atoms with Crippen LogP contribution >= 0.6 is 0 Å². The average molecular weight is 382 g/mol. The lowest BCUT2D eigenvalue weighted by molar-refractivity contribution is 0.102. The Morgan fingerprint density at radius 3 is 2.12 bits per heavy atom. The fraction of sp³-hybridized carbons (Fsp3) is 0.278. The Kier molecular flexibility index (Phi) is 5.48. The van der Waals surface area contributed by atoms with E-state index in [0.717, 1.165) is 12.1 Å². The molecule has 8 heteroatoms. The highest BCUT2D eigenvalue weighted by Gasteiger charge is 2.23. The van der Waals surface area contributed by atoms with Crippen LogP contribution in [0.2, 0.25) is 0 Å². The van der Waals surface area contributed by atoms with E-state index in [4.69, 9.17) is 0 Å². The van der Waals surface area contributed by atoms with Crippen molar-refractivity contribution in [1.82, 2.24) is 4.72 Å². The molecule has 0 unspecified atom stereocenters. The third kappa shape index (κ3) is 5.09. The molecule has 2 aromatic carbocycles. The number of rotatable bonds is 4. The van der Waals surface area contributed by atoms with Crippen molar-refractivity contribution in [2.45, 2.75) is 38.1 Å². The van der Waals surface area contributed by atoms with Gasteiger partial charge in [-0.15, -0.1) is 0 Å². The molecule has 0 bridgehead atoms. The highest BCUT2D eigenvalue weighted by Crippen LogP contribution is 2.20. The lowest BCUT2D eigenvalue weighted by Crippen LogP contribution is -2.40. The summed E-state index contributed by atoms with van der Waals surface area (Å²) in [5, 5.41) is 2.37. The number of carbonyl (C=O) groups is 1. The van der Waals surface area contributed by atoms with Crippen LogP contribution < -0.4 is 10.0 Å². The summed E-state index contributed by atoms with van der Waals surface area (Å²) in [5.74, 6) is -2.33. The largest absolute Gasteiger partial charge is 0.322 e. The van der Waals surface area contributed by atoms with Gasteiger partial charge in [0.25, 0.3) is 5.91 Å². The Hall–Kier alpha value is -2.32. The highest BCUT2D eigenvalue weighted by molar-refractivity contribution is 7.89. The quantitative estimate of drug-likeness (QED) is 0.848. The van der Waals surface area contributed by atoms with Crippen LogP contribution in [0.15, 0.2) is 41.3 Å². The predicted molar refractivity (Wildman–Crippen MR) is 95.6 cm³/mol. The van der Waals surface area contributed by atoms with Crippen molar-refractivity contribution < 1.29 is 22.0 Å². The molecule has 2 N–H and O–H groups in total. The summed E-state index contributed by atoms with van der Waals surface area (Å²) in [6.45, 7) is 6.73. The van der Waals surface area contributed by atoms with Gasteiger partial charge in [-0.3, -0.25) is 4.79 Å². The van der Waals surface area contributed by atoms with Gasteiger partial charge in [0.1, 0.15) is 11.6 Å². The normalized spacial score (nSPS) is 12.1. The molecule has 0 aromatic heterocycles. The standard InChI is InChI=1S/C18H20F2N2O3S/c1-11-5-6-15(26(24,25)22-18(2,3)4)10-16(11)17(23)21-14-8-12(19)7-13(20)9-14/h5-10,22H,1-4H3,(H,21,23). The van der Waals surface area contributed by atoms with Crippen LogP contribution in [0.3, 0.4) is 0 Å². The number of anilines is 1. The van der Waals surface area contributed by atoms with Crippen molar-refractivity contribution in [3.05, 3.63) is 59.2 Å². The number of sulfonamides is 1. The van der Waals surface area contributed by atoms with Crippen LogP contribution in [0.4, 0.5) is 14.5 Å². The number of hydrogen-bond acceptors (Lipinski definition) is 3. The zero-order chi connectivity index (χ0) is 19.7. The average Bonchev–Trinajstić information content (AvgIpc) is 2.43. The smallest absolute Gasteiger partial charge is 0.255 e. The van der Waals surface area contributed by atoms with Gasteiger partial charge in [0.15, 0.2) is 0 Å². The van der Waals surface area contributed by atoms with Crippen molar-refractivity contribution >= 4 is 21.6 Å². The van der Waals surface area contributed by atoms with E-state index in [9.17, 15) is 22.0 Å². The fourth-order valence-electron chi connectivity index (χ4n) is 2.30. The second-order valence-corrected chi connectivity index (χ2v) is 8.63. The summed E-state index contributed by atoms with van der Waals surface area (Å²) >= 11 is 0. The number of benzene rings is 2. The Morgan fingerprint density at radius 2 is 1.58 bits per heavy atom. The van der Waals surface area contributed by atoms with Crippen LogP contribution in [0.5, 0.6) is 0 Å². The van der Waals surface area contributed by atoms with Gasteiger partial charge >= 0.3 is 0 Å². The van der Waals surface area contributed by atoms with Gasteiger partial charge in [0.05, 0.1) is 4.90 Å². The second-order valence-electron chi connectivity index (χ2n) is 6.94. The molecule has 0 saturated carbocycles. The van der Waals surface area contributed by atoms with Crippen LogP contribution in [0.1, 0.15) is 36.7 Å². The Labute approximate surface area is 151 Å². The molecule has 2 rings (SSSR count). The molecule has 0 spiro atoms. The topological polar surface area (TPSA) is 75.3 Å². The molecule has 2 aromatic rings. The van der Waals surface area contributed by atoms with Gasteiger partial charge in [-0.1, -0.05) is 6.07 Å². The maximum absolute atomic E-state index is 13.3. The van der Waals surface area contributed by atoms with Gasteiger partial charge in [0.2, 0.25) is 10.0 Å². The molecular weight excluding hydrogens is 362 g/mol. The van der Waals surface area contributed by atoms with Crippen LogP contribution in [-0.2, 0) is 10.0 Å². The van der Waals surface area contributed by atoms with E-state index in [0.29, 0.717) is 11.6 Å². The van der Waals surface area contributed by atoms with Crippen molar-refractivity contribution in [2.24, 2.45) is 0 Å². The lowest BCUT2D eigenvalue weighted by Gasteiger charge is -2.20. The summed E-state index contributed by atoms with van der Waals surface area (Å²) in [7, 11) is -3.83. The van der Waals surface area contributed by atoms with Gasteiger partial charge in [0, 0.05) is 22.9 Å². The van der Waals surface area contributed by atoms with Gasteiger partial charge in [-0.05, 0) is 57.5 Å². The minimum Gasteiger partial charge on any atom is -0.322 e. The van der Waals surface area contributed by atoms with E-state index in [2.05, 4.69) is 10.0 Å².